The number of likely N-dealkylation sites (tertiary alicyclic amines) is 1. The second-order valence-corrected chi connectivity index (χ2v) is 17.6. The summed E-state index contributed by atoms with van der Waals surface area (Å²) in [5.74, 6) is 0.873. The number of nitrogens with one attached hydrogen (secondary N) is 1. The van der Waals surface area contributed by atoms with Crippen LogP contribution >= 0.6 is 11.6 Å². The van der Waals surface area contributed by atoms with Crippen molar-refractivity contribution in [3.63, 3.8) is 0 Å². The van der Waals surface area contributed by atoms with Gasteiger partial charge in [0.05, 0.1) is 5.56 Å². The highest BCUT2D eigenvalue weighted by Gasteiger charge is 2.49. The summed E-state index contributed by atoms with van der Waals surface area (Å²) in [6.07, 6.45) is 10.2. The number of amides is 4. The summed E-state index contributed by atoms with van der Waals surface area (Å²) in [5, 5.41) is 3.19. The van der Waals surface area contributed by atoms with Crippen LogP contribution < -0.4 is 24.9 Å². The summed E-state index contributed by atoms with van der Waals surface area (Å²) in [5.41, 5.74) is 4.60. The highest BCUT2D eigenvalue weighted by atomic mass is 35.5. The molecule has 6 aliphatic rings. The number of rotatable bonds is 6. The molecule has 57 heavy (non-hydrogen) atoms. The lowest BCUT2D eigenvalue weighted by Gasteiger charge is -2.56. The minimum absolute atomic E-state index is 0.113. The van der Waals surface area contributed by atoms with Crippen LogP contribution in [-0.2, 0) is 9.59 Å². The molecule has 0 bridgehead atoms. The summed E-state index contributed by atoms with van der Waals surface area (Å²) >= 11 is 6.32. The van der Waals surface area contributed by atoms with Crippen molar-refractivity contribution in [1.82, 2.24) is 20.1 Å². The molecule has 1 N–H and O–H groups in total. The van der Waals surface area contributed by atoms with E-state index in [4.69, 9.17) is 21.4 Å². The summed E-state index contributed by atoms with van der Waals surface area (Å²) in [6, 6.07) is 21.2. The Labute approximate surface area is 341 Å². The smallest absolute Gasteiger partial charge is 0.328 e. The Morgan fingerprint density at radius 1 is 0.772 bits per heavy atom. The molecular formula is C44H55ClN8O4. The topological polar surface area (TPSA) is 113 Å². The van der Waals surface area contributed by atoms with Gasteiger partial charge in [-0.2, -0.15) is 0 Å². The van der Waals surface area contributed by atoms with E-state index >= 15 is 0 Å². The molecule has 12 nitrogen and oxygen atoms in total. The monoisotopic (exact) mass is 794 g/mol. The Morgan fingerprint density at radius 2 is 1.46 bits per heavy atom. The lowest BCUT2D eigenvalue weighted by molar-refractivity contribution is -0.120. The van der Waals surface area contributed by atoms with Gasteiger partial charge in [0.25, 0.3) is 5.91 Å². The third kappa shape index (κ3) is 8.08. The van der Waals surface area contributed by atoms with Crippen molar-refractivity contribution in [3.05, 3.63) is 77.4 Å². The van der Waals surface area contributed by atoms with Crippen molar-refractivity contribution < 1.29 is 19.2 Å². The summed E-state index contributed by atoms with van der Waals surface area (Å²) in [4.78, 5) is 63.8. The van der Waals surface area contributed by atoms with Crippen molar-refractivity contribution in [1.29, 1.82) is 0 Å². The molecule has 1 saturated carbocycles. The van der Waals surface area contributed by atoms with Crippen LogP contribution in [0.5, 0.6) is 0 Å². The van der Waals surface area contributed by atoms with E-state index in [1.807, 2.05) is 42.0 Å². The molecule has 1 aliphatic carbocycles. The maximum Gasteiger partial charge on any atom is 0.328 e. The van der Waals surface area contributed by atoms with Gasteiger partial charge in [-0.15, -0.1) is 0 Å². The average Bonchev–Trinajstić information content (AvgIpc) is 3.55. The van der Waals surface area contributed by atoms with Crippen molar-refractivity contribution in [2.75, 3.05) is 85.0 Å². The fourth-order valence-corrected chi connectivity index (χ4v) is 10.7. The number of imide groups is 1. The van der Waals surface area contributed by atoms with Gasteiger partial charge in [-0.25, -0.2) is 9.78 Å². The van der Waals surface area contributed by atoms with Crippen molar-refractivity contribution in [2.45, 2.75) is 70.4 Å². The number of hydrogen-bond donors (Lipinski definition) is 1. The van der Waals surface area contributed by atoms with Crippen LogP contribution in [0.2, 0.25) is 5.02 Å². The molecule has 2 spiro atoms. The first-order valence-electron chi connectivity index (χ1n) is 20.7. The molecule has 2 aromatic carbocycles. The van der Waals surface area contributed by atoms with Gasteiger partial charge in [-0.05, 0) is 117 Å². The molecule has 3 aromatic rings. The normalized spacial score (nSPS) is 23.6. The molecule has 6 heterocycles. The zero-order chi connectivity index (χ0) is 39.7. The molecule has 0 unspecified atom stereocenters. The average molecular weight is 795 g/mol. The highest BCUT2D eigenvalue weighted by molar-refractivity contribution is 6.30. The number of carbonyl (C=O) groups is 4. The zero-order valence-electron chi connectivity index (χ0n) is 33.1. The van der Waals surface area contributed by atoms with Crippen LogP contribution in [0.4, 0.5) is 27.7 Å². The van der Waals surface area contributed by atoms with Gasteiger partial charge < -0.3 is 24.4 Å². The second-order valence-electron chi connectivity index (χ2n) is 17.2. The predicted molar refractivity (Wildman–Crippen MR) is 224 cm³/mol. The molecule has 5 aliphatic heterocycles. The van der Waals surface area contributed by atoms with Gasteiger partial charge in [0.15, 0.2) is 0 Å². The Bertz CT molecular complexity index is 1910. The summed E-state index contributed by atoms with van der Waals surface area (Å²) in [7, 11) is 0. The minimum atomic E-state index is -0.348. The Kier molecular flexibility index (Phi) is 11.2. The number of halogens is 1. The quantitative estimate of drug-likeness (QED) is 0.317. The number of piperazine rings is 1. The molecule has 5 saturated heterocycles. The predicted octanol–water partition coefficient (Wildman–Crippen LogP) is 6.09. The van der Waals surface area contributed by atoms with Gasteiger partial charge in [0.1, 0.15) is 12.6 Å². The second kappa shape index (κ2) is 16.3. The Balaban J connectivity index is 0.00000224. The number of nitrogens with zero attached hydrogens (tertiary/aromatic N) is 7. The minimum Gasteiger partial charge on any atom is -0.369 e. The molecule has 6 fully saturated rings. The number of aromatic nitrogens is 1. The van der Waals surface area contributed by atoms with E-state index in [1.54, 1.807) is 11.1 Å². The van der Waals surface area contributed by atoms with Crippen LogP contribution in [0.25, 0.3) is 0 Å². The highest BCUT2D eigenvalue weighted by Crippen LogP contribution is 2.51. The van der Waals surface area contributed by atoms with Crippen molar-refractivity contribution >= 4 is 59.1 Å². The molecule has 4 amide bonds. The van der Waals surface area contributed by atoms with Gasteiger partial charge in [-0.3, -0.25) is 24.7 Å². The molecule has 1 atom stereocenters. The molecular weight excluding hydrogens is 740 g/mol. The van der Waals surface area contributed by atoms with E-state index in [-0.39, 0.29) is 17.8 Å². The van der Waals surface area contributed by atoms with E-state index in [2.05, 4.69) is 62.2 Å². The number of piperidine rings is 2. The number of benzene rings is 2. The molecule has 302 valence electrons. The summed E-state index contributed by atoms with van der Waals surface area (Å²) < 4.78 is 0. The Morgan fingerprint density at radius 3 is 2.11 bits per heavy atom. The zero-order valence-corrected chi connectivity index (χ0v) is 33.8. The van der Waals surface area contributed by atoms with Gasteiger partial charge >= 0.3 is 6.03 Å². The van der Waals surface area contributed by atoms with Crippen LogP contribution in [0.15, 0.2) is 66.9 Å². The number of pyridine rings is 1. The van der Waals surface area contributed by atoms with E-state index in [1.165, 1.54) is 30.6 Å². The maximum absolute atomic E-state index is 13.6. The first-order chi connectivity index (χ1) is 27.6. The van der Waals surface area contributed by atoms with Crippen LogP contribution in [0.3, 0.4) is 0 Å². The van der Waals surface area contributed by atoms with E-state index in [0.717, 1.165) is 101 Å². The molecule has 0 radical (unpaired) electrons. The Hall–Kier alpha value is -4.68. The fourth-order valence-electron chi connectivity index (χ4n) is 10.6. The SMILES string of the molecule is C=O.C[C@H]1CC2(CCN(c3ccc(C(=O)N4CCC5(CC4)CC(N4CCN(c6ccc(N7CCC(=O)NC7=O)cc6)CC4)C5)cn3)CC2)CN1c1cccc(Cl)c1. The number of urea groups is 1. The molecule has 13 heteroatoms. The van der Waals surface area contributed by atoms with E-state index in [0.29, 0.717) is 41.4 Å². The van der Waals surface area contributed by atoms with Crippen LogP contribution in [0, 0.1) is 10.8 Å². The van der Waals surface area contributed by atoms with Gasteiger partial charge in [0, 0.05) is 112 Å². The summed E-state index contributed by atoms with van der Waals surface area (Å²) in [6.45, 7) is 13.5. The number of carbonyl (C=O) groups excluding carboxylic acids is 4. The number of anilines is 4. The molecule has 1 aromatic heterocycles. The third-order valence-electron chi connectivity index (χ3n) is 13.9. The fraction of sp³-hybridized carbons (Fsp3) is 0.523. The van der Waals surface area contributed by atoms with E-state index in [9.17, 15) is 14.4 Å². The third-order valence-corrected chi connectivity index (χ3v) is 14.1. The first kappa shape index (κ1) is 39.2. The van der Waals surface area contributed by atoms with Crippen molar-refractivity contribution in [2.24, 2.45) is 10.8 Å². The van der Waals surface area contributed by atoms with Crippen LogP contribution in [0.1, 0.15) is 68.6 Å². The van der Waals surface area contributed by atoms with Gasteiger partial charge in [0.2, 0.25) is 5.91 Å². The standard InChI is InChI=1S/C43H53ClN8O3.CH2O/c1-31-26-43(30-52(31)36-4-2-3-33(44)25-36)14-17-49(18-15-43)38-10-5-32(29-45-38)40(54)50-19-12-42(13-20-50)27-37(28-42)48-23-21-47(22-24-48)34-6-8-35(9-7-34)51-16-11-39(53)46-41(51)55;1-2/h2-10,25,29,31,37H,11-24,26-28,30H2,1H3,(H,46,53,55);1H2/t31-;/m0./s1. The lowest BCUT2D eigenvalue weighted by Crippen LogP contribution is -2.59. The van der Waals surface area contributed by atoms with Crippen molar-refractivity contribution in [3.8, 4) is 0 Å². The first-order valence-corrected chi connectivity index (χ1v) is 21.0. The van der Waals surface area contributed by atoms with Crippen LogP contribution in [-0.4, -0.2) is 117 Å². The number of hydrogen-bond acceptors (Lipinski definition) is 9. The van der Waals surface area contributed by atoms with E-state index < -0.39 is 0 Å². The van der Waals surface area contributed by atoms with Gasteiger partial charge in [-0.1, -0.05) is 17.7 Å². The maximum atomic E-state index is 13.6. The lowest BCUT2D eigenvalue weighted by atomic mass is 9.60. The molecule has 9 rings (SSSR count). The largest absolute Gasteiger partial charge is 0.369 e.